The molecule has 0 saturated carbocycles. The normalized spacial score (nSPS) is 18.9. The fourth-order valence-corrected chi connectivity index (χ4v) is 2.51. The average Bonchev–Trinajstić information content (AvgIpc) is 2.53. The van der Waals surface area contributed by atoms with E-state index in [1.807, 2.05) is 43.3 Å². The highest BCUT2D eigenvalue weighted by atomic mass is 16.5. The van der Waals surface area contributed by atoms with Gasteiger partial charge in [-0.2, -0.15) is 0 Å². The number of pyridine rings is 1. The number of carbonyl (C=O) groups is 1. The molecule has 1 aromatic rings. The Balaban J connectivity index is 1.94. The van der Waals surface area contributed by atoms with E-state index >= 15 is 0 Å². The molecule has 5 nitrogen and oxygen atoms in total. The largest absolute Gasteiger partial charge is 0.372 e. The average molecular weight is 277 g/mol. The number of amides is 1. The molecule has 1 unspecified atom stereocenters. The lowest BCUT2D eigenvalue weighted by atomic mass is 10.0. The minimum absolute atomic E-state index is 0.0553. The molecule has 110 valence electrons. The second-order valence-electron chi connectivity index (χ2n) is 5.07. The van der Waals surface area contributed by atoms with Gasteiger partial charge in [0.1, 0.15) is 12.4 Å². The van der Waals surface area contributed by atoms with Crippen molar-refractivity contribution in [3.63, 3.8) is 0 Å². The molecular formula is C15H23N3O2. The van der Waals surface area contributed by atoms with Crippen LogP contribution in [-0.2, 0) is 9.53 Å². The van der Waals surface area contributed by atoms with Gasteiger partial charge < -0.3 is 14.5 Å². The third-order valence-electron chi connectivity index (χ3n) is 3.74. The fraction of sp³-hybridized carbons (Fsp3) is 0.600. The Morgan fingerprint density at radius 1 is 1.55 bits per heavy atom. The Bertz CT molecular complexity index is 424. The molecule has 2 heterocycles. The third kappa shape index (κ3) is 3.70. The quantitative estimate of drug-likeness (QED) is 0.819. The summed E-state index contributed by atoms with van der Waals surface area (Å²) in [6, 6.07) is 6.17. The van der Waals surface area contributed by atoms with Crippen molar-refractivity contribution < 1.29 is 9.53 Å². The van der Waals surface area contributed by atoms with Gasteiger partial charge in [0, 0.05) is 39.0 Å². The summed E-state index contributed by atoms with van der Waals surface area (Å²) in [4.78, 5) is 20.5. The first-order valence-electron chi connectivity index (χ1n) is 7.21. The number of carbonyl (C=O) groups excluding carboxylic acids is 1. The maximum absolute atomic E-state index is 12.0. The highest BCUT2D eigenvalue weighted by Crippen LogP contribution is 2.20. The highest BCUT2D eigenvalue weighted by Gasteiger charge is 2.26. The topological polar surface area (TPSA) is 45.7 Å². The van der Waals surface area contributed by atoms with Gasteiger partial charge in [-0.25, -0.2) is 4.98 Å². The molecule has 1 aliphatic rings. The van der Waals surface area contributed by atoms with Crippen LogP contribution in [-0.4, -0.2) is 55.2 Å². The predicted molar refractivity (Wildman–Crippen MR) is 78.7 cm³/mol. The van der Waals surface area contributed by atoms with Gasteiger partial charge in [-0.05, 0) is 31.9 Å². The smallest absolute Gasteiger partial charge is 0.248 e. The number of nitrogens with zero attached hydrogens (tertiary/aromatic N) is 3. The van der Waals surface area contributed by atoms with Gasteiger partial charge in [0.2, 0.25) is 5.91 Å². The summed E-state index contributed by atoms with van der Waals surface area (Å²) >= 11 is 0. The Kier molecular flexibility index (Phi) is 5.35. The zero-order valence-corrected chi connectivity index (χ0v) is 12.3. The van der Waals surface area contributed by atoms with Gasteiger partial charge >= 0.3 is 0 Å². The maximum atomic E-state index is 12.0. The number of rotatable bonds is 5. The van der Waals surface area contributed by atoms with E-state index in [2.05, 4.69) is 9.88 Å². The Morgan fingerprint density at radius 2 is 2.40 bits per heavy atom. The Hall–Kier alpha value is -1.62. The SMILES string of the molecule is CCOCC(=O)N(C)C1CCCN(c2ccccn2)C1. The number of likely N-dealkylation sites (N-methyl/N-ethyl adjacent to an activating group) is 1. The van der Waals surface area contributed by atoms with Crippen LogP contribution in [0.4, 0.5) is 5.82 Å². The van der Waals surface area contributed by atoms with E-state index in [0.717, 1.165) is 31.7 Å². The number of hydrogen-bond donors (Lipinski definition) is 0. The molecule has 1 amide bonds. The molecule has 2 rings (SSSR count). The van der Waals surface area contributed by atoms with Crippen LogP contribution in [0, 0.1) is 0 Å². The van der Waals surface area contributed by atoms with Crippen LogP contribution < -0.4 is 4.90 Å². The van der Waals surface area contributed by atoms with E-state index in [0.29, 0.717) is 6.61 Å². The van der Waals surface area contributed by atoms with Crippen LogP contribution >= 0.6 is 0 Å². The van der Waals surface area contributed by atoms with Crippen molar-refractivity contribution in [1.82, 2.24) is 9.88 Å². The molecule has 0 aromatic carbocycles. The minimum atomic E-state index is 0.0553. The molecule has 0 N–H and O–H groups in total. The highest BCUT2D eigenvalue weighted by molar-refractivity contribution is 5.77. The van der Waals surface area contributed by atoms with Crippen molar-refractivity contribution in [2.24, 2.45) is 0 Å². The lowest BCUT2D eigenvalue weighted by Crippen LogP contribution is -2.49. The third-order valence-corrected chi connectivity index (χ3v) is 3.74. The summed E-state index contributed by atoms with van der Waals surface area (Å²) in [5.41, 5.74) is 0. The van der Waals surface area contributed by atoms with Gasteiger partial charge in [-0.3, -0.25) is 4.79 Å². The molecule has 0 radical (unpaired) electrons. The van der Waals surface area contributed by atoms with Crippen LogP contribution in [0.2, 0.25) is 0 Å². The Morgan fingerprint density at radius 3 is 3.10 bits per heavy atom. The number of anilines is 1. The number of piperidine rings is 1. The number of aromatic nitrogens is 1. The zero-order valence-electron chi connectivity index (χ0n) is 12.3. The van der Waals surface area contributed by atoms with Gasteiger partial charge in [0.05, 0.1) is 0 Å². The predicted octanol–water partition coefficient (Wildman–Crippen LogP) is 1.55. The van der Waals surface area contributed by atoms with E-state index in [4.69, 9.17) is 4.74 Å². The first-order chi connectivity index (χ1) is 9.72. The van der Waals surface area contributed by atoms with E-state index < -0.39 is 0 Å². The van der Waals surface area contributed by atoms with Crippen LogP contribution in [0.25, 0.3) is 0 Å². The number of hydrogen-bond acceptors (Lipinski definition) is 4. The van der Waals surface area contributed by atoms with Crippen molar-refractivity contribution in [3.8, 4) is 0 Å². The molecule has 1 atom stereocenters. The van der Waals surface area contributed by atoms with Crippen LogP contribution in [0.3, 0.4) is 0 Å². The standard InChI is InChI=1S/C15H23N3O2/c1-3-20-12-15(19)17(2)13-7-6-10-18(11-13)14-8-4-5-9-16-14/h4-5,8-9,13H,3,6-7,10-12H2,1-2H3. The second kappa shape index (κ2) is 7.24. The second-order valence-corrected chi connectivity index (χ2v) is 5.07. The number of ether oxygens (including phenoxy) is 1. The Labute approximate surface area is 120 Å². The van der Waals surface area contributed by atoms with Gasteiger partial charge in [-0.1, -0.05) is 6.07 Å². The van der Waals surface area contributed by atoms with Crippen molar-refractivity contribution in [2.45, 2.75) is 25.8 Å². The summed E-state index contributed by atoms with van der Waals surface area (Å²) in [6.45, 7) is 4.49. The summed E-state index contributed by atoms with van der Waals surface area (Å²) < 4.78 is 5.20. The molecule has 20 heavy (non-hydrogen) atoms. The van der Waals surface area contributed by atoms with Crippen molar-refractivity contribution in [3.05, 3.63) is 24.4 Å². The first-order valence-corrected chi connectivity index (χ1v) is 7.21. The van der Waals surface area contributed by atoms with Gasteiger partial charge in [-0.15, -0.1) is 0 Å². The minimum Gasteiger partial charge on any atom is -0.372 e. The van der Waals surface area contributed by atoms with Crippen LogP contribution in [0.15, 0.2) is 24.4 Å². The van der Waals surface area contributed by atoms with Crippen molar-refractivity contribution in [2.75, 3.05) is 38.3 Å². The molecule has 0 spiro atoms. The summed E-state index contributed by atoms with van der Waals surface area (Å²) in [7, 11) is 1.87. The maximum Gasteiger partial charge on any atom is 0.248 e. The molecule has 0 bridgehead atoms. The van der Waals surface area contributed by atoms with Gasteiger partial charge in [0.25, 0.3) is 0 Å². The van der Waals surface area contributed by atoms with E-state index in [-0.39, 0.29) is 18.6 Å². The van der Waals surface area contributed by atoms with E-state index in [9.17, 15) is 4.79 Å². The monoisotopic (exact) mass is 277 g/mol. The molecule has 1 aliphatic heterocycles. The van der Waals surface area contributed by atoms with Crippen molar-refractivity contribution in [1.29, 1.82) is 0 Å². The molecular weight excluding hydrogens is 254 g/mol. The summed E-state index contributed by atoms with van der Waals surface area (Å²) in [5, 5.41) is 0. The molecule has 1 aromatic heterocycles. The van der Waals surface area contributed by atoms with E-state index in [1.165, 1.54) is 0 Å². The first kappa shape index (κ1) is 14.8. The molecule has 1 fully saturated rings. The molecule has 1 saturated heterocycles. The fourth-order valence-electron chi connectivity index (χ4n) is 2.51. The van der Waals surface area contributed by atoms with Gasteiger partial charge in [0.15, 0.2) is 0 Å². The van der Waals surface area contributed by atoms with Crippen molar-refractivity contribution >= 4 is 11.7 Å². The lowest BCUT2D eigenvalue weighted by molar-refractivity contribution is -0.136. The summed E-state index contributed by atoms with van der Waals surface area (Å²) in [5.74, 6) is 1.04. The lowest BCUT2D eigenvalue weighted by Gasteiger charge is -2.38. The van der Waals surface area contributed by atoms with Crippen LogP contribution in [0.1, 0.15) is 19.8 Å². The van der Waals surface area contributed by atoms with E-state index in [1.54, 1.807) is 0 Å². The molecule has 0 aliphatic carbocycles. The summed E-state index contributed by atoms with van der Waals surface area (Å²) in [6.07, 6.45) is 3.92. The van der Waals surface area contributed by atoms with Crippen LogP contribution in [0.5, 0.6) is 0 Å². The zero-order chi connectivity index (χ0) is 14.4. The molecule has 5 heteroatoms.